The van der Waals surface area contributed by atoms with E-state index >= 15 is 0 Å². The van der Waals surface area contributed by atoms with Gasteiger partial charge in [-0.2, -0.15) is 0 Å². The van der Waals surface area contributed by atoms with Gasteiger partial charge in [0.15, 0.2) is 0 Å². The zero-order valence-electron chi connectivity index (χ0n) is 11.5. The van der Waals surface area contributed by atoms with Gasteiger partial charge in [-0.1, -0.05) is 25.5 Å². The highest BCUT2D eigenvalue weighted by Gasteiger charge is 2.07. The molecular formula is C16H18FNOS. The molecule has 1 amide bonds. The third-order valence-electron chi connectivity index (χ3n) is 3.02. The van der Waals surface area contributed by atoms with Gasteiger partial charge in [0.1, 0.15) is 5.82 Å². The van der Waals surface area contributed by atoms with Gasteiger partial charge >= 0.3 is 0 Å². The summed E-state index contributed by atoms with van der Waals surface area (Å²) in [5.41, 5.74) is 1.75. The third-order valence-corrected chi connectivity index (χ3v) is 4.02. The smallest absolute Gasteiger partial charge is 0.252 e. The van der Waals surface area contributed by atoms with E-state index in [0.717, 1.165) is 24.0 Å². The Labute approximate surface area is 122 Å². The van der Waals surface area contributed by atoms with Crippen molar-refractivity contribution in [2.75, 3.05) is 6.54 Å². The summed E-state index contributed by atoms with van der Waals surface area (Å²) in [7, 11) is 0. The number of rotatable bonds is 6. The minimum absolute atomic E-state index is 0.0364. The predicted octanol–water partition coefficient (Wildman–Crippen LogP) is 3.81. The fourth-order valence-corrected chi connectivity index (χ4v) is 2.92. The quantitative estimate of drug-likeness (QED) is 0.861. The average Bonchev–Trinajstić information content (AvgIpc) is 2.90. The fourth-order valence-electron chi connectivity index (χ4n) is 1.95. The van der Waals surface area contributed by atoms with Crippen LogP contribution in [0, 0.1) is 5.82 Å². The Balaban J connectivity index is 1.81. The Hall–Kier alpha value is -1.68. The van der Waals surface area contributed by atoms with Gasteiger partial charge in [0, 0.05) is 16.8 Å². The second kappa shape index (κ2) is 7.20. The van der Waals surface area contributed by atoms with Crippen molar-refractivity contribution in [1.82, 2.24) is 5.32 Å². The van der Waals surface area contributed by atoms with E-state index in [-0.39, 0.29) is 11.7 Å². The zero-order chi connectivity index (χ0) is 14.4. The van der Waals surface area contributed by atoms with Crippen LogP contribution in [0.4, 0.5) is 4.39 Å². The lowest BCUT2D eigenvalue weighted by molar-refractivity contribution is 0.0954. The van der Waals surface area contributed by atoms with Crippen molar-refractivity contribution < 1.29 is 9.18 Å². The lowest BCUT2D eigenvalue weighted by atomic mass is 10.1. The van der Waals surface area contributed by atoms with Crippen LogP contribution in [0.5, 0.6) is 0 Å². The van der Waals surface area contributed by atoms with E-state index in [0.29, 0.717) is 13.0 Å². The van der Waals surface area contributed by atoms with Crippen molar-refractivity contribution in [1.29, 1.82) is 0 Å². The second-order valence-electron chi connectivity index (χ2n) is 4.68. The molecule has 0 radical (unpaired) electrons. The predicted molar refractivity (Wildman–Crippen MR) is 80.8 cm³/mol. The van der Waals surface area contributed by atoms with Gasteiger partial charge < -0.3 is 5.32 Å². The summed E-state index contributed by atoms with van der Waals surface area (Å²) < 4.78 is 12.8. The molecule has 106 valence electrons. The number of nitrogens with one attached hydrogen (secondary N) is 1. The van der Waals surface area contributed by atoms with Crippen LogP contribution in [-0.2, 0) is 12.8 Å². The molecule has 1 heterocycles. The van der Waals surface area contributed by atoms with Gasteiger partial charge in [-0.3, -0.25) is 4.79 Å². The number of halogens is 1. The first-order valence-corrected chi connectivity index (χ1v) is 7.67. The Kier molecular flexibility index (Phi) is 5.30. The van der Waals surface area contributed by atoms with Crippen LogP contribution in [0.25, 0.3) is 0 Å². The summed E-state index contributed by atoms with van der Waals surface area (Å²) in [5.74, 6) is -0.273. The third kappa shape index (κ3) is 4.17. The van der Waals surface area contributed by atoms with Crippen LogP contribution in [-0.4, -0.2) is 12.5 Å². The molecule has 0 atom stereocenters. The molecule has 4 heteroatoms. The largest absolute Gasteiger partial charge is 0.352 e. The molecule has 2 rings (SSSR count). The highest BCUT2D eigenvalue weighted by Crippen LogP contribution is 2.16. The maximum absolute atomic E-state index is 12.8. The van der Waals surface area contributed by atoms with Crippen LogP contribution in [0.2, 0.25) is 0 Å². The SMILES string of the molecule is CCCc1cc(C(=O)NCCc2ccc(F)cc2)cs1. The number of thiophene rings is 1. The van der Waals surface area contributed by atoms with Gasteiger partial charge in [-0.05, 0) is 36.6 Å². The second-order valence-corrected chi connectivity index (χ2v) is 5.68. The van der Waals surface area contributed by atoms with E-state index in [1.165, 1.54) is 17.0 Å². The summed E-state index contributed by atoms with van der Waals surface area (Å²) in [4.78, 5) is 13.2. The number of carbonyl (C=O) groups excluding carboxylic acids is 1. The summed E-state index contributed by atoms with van der Waals surface area (Å²) >= 11 is 1.63. The van der Waals surface area contributed by atoms with Gasteiger partial charge in [0.05, 0.1) is 5.56 Å². The number of benzene rings is 1. The molecule has 1 aromatic carbocycles. The van der Waals surface area contributed by atoms with Crippen LogP contribution in [0.1, 0.15) is 34.1 Å². The van der Waals surface area contributed by atoms with Crippen LogP contribution in [0.3, 0.4) is 0 Å². The minimum atomic E-state index is -0.237. The van der Waals surface area contributed by atoms with Crippen molar-refractivity contribution in [3.8, 4) is 0 Å². The topological polar surface area (TPSA) is 29.1 Å². The van der Waals surface area contributed by atoms with Gasteiger partial charge in [0.2, 0.25) is 0 Å². The molecule has 0 unspecified atom stereocenters. The summed E-state index contributed by atoms with van der Waals surface area (Å²) in [6, 6.07) is 8.32. The summed E-state index contributed by atoms with van der Waals surface area (Å²) in [5, 5.41) is 4.79. The normalized spacial score (nSPS) is 10.5. The molecule has 0 saturated heterocycles. The molecule has 0 fully saturated rings. The molecule has 20 heavy (non-hydrogen) atoms. The Morgan fingerprint density at radius 3 is 2.70 bits per heavy atom. The Morgan fingerprint density at radius 1 is 1.25 bits per heavy atom. The lowest BCUT2D eigenvalue weighted by Crippen LogP contribution is -2.25. The molecule has 0 bridgehead atoms. The van der Waals surface area contributed by atoms with E-state index in [1.54, 1.807) is 23.5 Å². The first-order chi connectivity index (χ1) is 9.69. The van der Waals surface area contributed by atoms with Crippen LogP contribution >= 0.6 is 11.3 Å². The molecule has 0 saturated carbocycles. The summed E-state index contributed by atoms with van der Waals surface area (Å²) in [6.45, 7) is 2.69. The van der Waals surface area contributed by atoms with E-state index in [2.05, 4.69) is 12.2 Å². The van der Waals surface area contributed by atoms with E-state index in [4.69, 9.17) is 0 Å². The Morgan fingerprint density at radius 2 is 2.00 bits per heavy atom. The van der Waals surface area contributed by atoms with Crippen molar-refractivity contribution in [3.63, 3.8) is 0 Å². The van der Waals surface area contributed by atoms with Crippen molar-refractivity contribution in [3.05, 3.63) is 57.5 Å². The van der Waals surface area contributed by atoms with Gasteiger partial charge in [-0.15, -0.1) is 11.3 Å². The van der Waals surface area contributed by atoms with E-state index in [1.807, 2.05) is 11.4 Å². The molecule has 2 nitrogen and oxygen atoms in total. The molecule has 1 N–H and O–H groups in total. The first-order valence-electron chi connectivity index (χ1n) is 6.79. The molecule has 0 aliphatic rings. The zero-order valence-corrected chi connectivity index (χ0v) is 12.3. The van der Waals surface area contributed by atoms with E-state index in [9.17, 15) is 9.18 Å². The van der Waals surface area contributed by atoms with Crippen LogP contribution < -0.4 is 5.32 Å². The van der Waals surface area contributed by atoms with E-state index < -0.39 is 0 Å². The lowest BCUT2D eigenvalue weighted by Gasteiger charge is -2.04. The van der Waals surface area contributed by atoms with Crippen LogP contribution in [0.15, 0.2) is 35.7 Å². The molecule has 1 aromatic heterocycles. The van der Waals surface area contributed by atoms with Crippen molar-refractivity contribution in [2.24, 2.45) is 0 Å². The van der Waals surface area contributed by atoms with Gasteiger partial charge in [0.25, 0.3) is 5.91 Å². The standard InChI is InChI=1S/C16H18FNOS/c1-2-3-15-10-13(11-20-15)16(19)18-9-8-12-4-6-14(17)7-5-12/h4-7,10-11H,2-3,8-9H2,1H3,(H,18,19). The van der Waals surface area contributed by atoms with Crippen molar-refractivity contribution >= 4 is 17.2 Å². The molecule has 0 aliphatic carbocycles. The van der Waals surface area contributed by atoms with Gasteiger partial charge in [-0.25, -0.2) is 4.39 Å². The number of aryl methyl sites for hydroxylation is 1. The number of carbonyl (C=O) groups is 1. The number of hydrogen-bond donors (Lipinski definition) is 1. The number of amides is 1. The first kappa shape index (κ1) is 14.7. The monoisotopic (exact) mass is 291 g/mol. The highest BCUT2D eigenvalue weighted by atomic mass is 32.1. The molecule has 0 spiro atoms. The molecular weight excluding hydrogens is 273 g/mol. The number of hydrogen-bond acceptors (Lipinski definition) is 2. The molecule has 2 aromatic rings. The Bertz CT molecular complexity index is 562. The molecule has 0 aliphatic heterocycles. The fraction of sp³-hybridized carbons (Fsp3) is 0.312. The maximum Gasteiger partial charge on any atom is 0.252 e. The maximum atomic E-state index is 12.8. The minimum Gasteiger partial charge on any atom is -0.352 e. The summed E-state index contributed by atoms with van der Waals surface area (Å²) in [6.07, 6.45) is 2.82. The highest BCUT2D eigenvalue weighted by molar-refractivity contribution is 7.10. The average molecular weight is 291 g/mol. The van der Waals surface area contributed by atoms with Crippen molar-refractivity contribution in [2.45, 2.75) is 26.2 Å².